The maximum Gasteiger partial charge on any atom is 0.407 e. The van der Waals surface area contributed by atoms with Gasteiger partial charge in [0, 0.05) is 25.9 Å². The summed E-state index contributed by atoms with van der Waals surface area (Å²) >= 11 is 0. The Kier molecular flexibility index (Phi) is 18.4. The lowest BCUT2D eigenvalue weighted by molar-refractivity contribution is -0.141. The molecule has 1 aromatic rings. The number of carbonyl (C=O) groups is 6. The van der Waals surface area contributed by atoms with Gasteiger partial charge in [-0.1, -0.05) is 43.2 Å². The predicted molar refractivity (Wildman–Crippen MR) is 148 cm³/mol. The Bertz CT molecular complexity index is 931. The third-order valence-electron chi connectivity index (χ3n) is 5.83. The second kappa shape index (κ2) is 21.6. The van der Waals surface area contributed by atoms with Crippen LogP contribution in [0.1, 0.15) is 56.9 Å². The number of carbonyl (C=O) groups excluding carboxylic acids is 6. The summed E-state index contributed by atoms with van der Waals surface area (Å²) < 4.78 is 14.3. The zero-order chi connectivity index (χ0) is 30.3. The molecule has 0 bridgehead atoms. The number of nitrogens with zero attached hydrogens (tertiary/aromatic N) is 1. The Morgan fingerprint density at radius 2 is 1.20 bits per heavy atom. The summed E-state index contributed by atoms with van der Waals surface area (Å²) in [6.07, 6.45) is 3.70. The van der Waals surface area contributed by atoms with Crippen molar-refractivity contribution in [2.24, 2.45) is 0 Å². The highest BCUT2D eigenvalue weighted by Crippen LogP contribution is 2.02. The van der Waals surface area contributed by atoms with E-state index in [2.05, 4.69) is 25.4 Å². The van der Waals surface area contributed by atoms with Crippen LogP contribution in [0, 0.1) is 0 Å². The molecule has 13 heteroatoms. The molecule has 0 saturated carbocycles. The van der Waals surface area contributed by atoms with E-state index in [0.29, 0.717) is 64.5 Å². The molecular weight excluding hydrogens is 536 g/mol. The van der Waals surface area contributed by atoms with Crippen molar-refractivity contribution in [2.75, 3.05) is 46.9 Å². The maximum absolute atomic E-state index is 12.8. The molecule has 0 radical (unpaired) electrons. The van der Waals surface area contributed by atoms with Crippen LogP contribution in [0.5, 0.6) is 0 Å². The number of unbranched alkanes of at least 4 members (excludes halogenated alkanes) is 4. The van der Waals surface area contributed by atoms with Gasteiger partial charge in [0.15, 0.2) is 0 Å². The smallest absolute Gasteiger partial charge is 0.407 e. The lowest BCUT2D eigenvalue weighted by Crippen LogP contribution is -2.49. The molecule has 0 saturated heterocycles. The molecule has 3 N–H and O–H groups in total. The number of hydrogen-bond donors (Lipinski definition) is 3. The molecule has 0 atom stereocenters. The number of amides is 4. The summed E-state index contributed by atoms with van der Waals surface area (Å²) in [7, 11) is 2.65. The highest BCUT2D eigenvalue weighted by molar-refractivity contribution is 5.90. The van der Waals surface area contributed by atoms with E-state index in [1.54, 1.807) is 24.3 Å². The molecule has 0 aliphatic heterocycles. The molecule has 41 heavy (non-hydrogen) atoms. The van der Waals surface area contributed by atoms with Gasteiger partial charge in [-0.25, -0.2) is 4.79 Å². The second-order valence-corrected chi connectivity index (χ2v) is 9.14. The van der Waals surface area contributed by atoms with Gasteiger partial charge in [-0.15, -0.1) is 0 Å². The Labute approximate surface area is 240 Å². The van der Waals surface area contributed by atoms with E-state index in [9.17, 15) is 28.8 Å². The van der Waals surface area contributed by atoms with Crippen LogP contribution in [0.2, 0.25) is 0 Å². The maximum atomic E-state index is 12.8. The Morgan fingerprint density at radius 3 is 1.68 bits per heavy atom. The van der Waals surface area contributed by atoms with Gasteiger partial charge >= 0.3 is 18.0 Å². The van der Waals surface area contributed by atoms with Crippen LogP contribution >= 0.6 is 0 Å². The SMILES string of the molecule is COC(=O)CCCCCNC(=O)CN(CC(=O)NCCCCCC(=O)OC)C(=O)CNC(=O)OCc1ccccc1. The van der Waals surface area contributed by atoms with Crippen molar-refractivity contribution in [1.29, 1.82) is 0 Å². The number of hydrogen-bond acceptors (Lipinski definition) is 9. The fraction of sp³-hybridized carbons (Fsp3) is 0.571. The monoisotopic (exact) mass is 578 g/mol. The van der Waals surface area contributed by atoms with Crippen LogP contribution in [0.3, 0.4) is 0 Å². The molecule has 0 spiro atoms. The lowest BCUT2D eigenvalue weighted by Gasteiger charge is -2.22. The third-order valence-corrected chi connectivity index (χ3v) is 5.83. The van der Waals surface area contributed by atoms with E-state index >= 15 is 0 Å². The van der Waals surface area contributed by atoms with Crippen molar-refractivity contribution in [3.63, 3.8) is 0 Å². The standard InChI is InChI=1S/C28H42N4O9/c1-39-26(36)14-8-4-10-16-29-23(33)19-32(20-24(34)30-17-11-5-9-15-27(37)40-2)25(35)18-31-28(38)41-21-22-12-6-3-7-13-22/h3,6-7,12-13H,4-5,8-11,14-21H2,1-2H3,(H,29,33)(H,30,34)(H,31,38). The molecule has 1 rings (SSSR count). The van der Waals surface area contributed by atoms with Crippen molar-refractivity contribution in [3.05, 3.63) is 35.9 Å². The van der Waals surface area contributed by atoms with Crippen LogP contribution < -0.4 is 16.0 Å². The van der Waals surface area contributed by atoms with Crippen molar-refractivity contribution >= 4 is 35.8 Å². The summed E-state index contributed by atoms with van der Waals surface area (Å²) in [6.45, 7) is -0.528. The van der Waals surface area contributed by atoms with Gasteiger partial charge in [0.2, 0.25) is 17.7 Å². The zero-order valence-electron chi connectivity index (χ0n) is 23.9. The topological polar surface area (TPSA) is 169 Å². The van der Waals surface area contributed by atoms with Crippen LogP contribution in [0.25, 0.3) is 0 Å². The average molecular weight is 579 g/mol. The summed E-state index contributed by atoms with van der Waals surface area (Å²) in [5, 5.41) is 7.74. The van der Waals surface area contributed by atoms with E-state index in [1.807, 2.05) is 6.07 Å². The van der Waals surface area contributed by atoms with Gasteiger partial charge in [-0.05, 0) is 31.2 Å². The minimum Gasteiger partial charge on any atom is -0.469 e. The van der Waals surface area contributed by atoms with Crippen molar-refractivity contribution in [2.45, 2.75) is 58.0 Å². The fourth-order valence-electron chi connectivity index (χ4n) is 3.53. The number of alkyl carbamates (subject to hydrolysis) is 1. The first kappa shape index (κ1) is 34.9. The van der Waals surface area contributed by atoms with Crippen LogP contribution in [0.4, 0.5) is 4.79 Å². The second-order valence-electron chi connectivity index (χ2n) is 9.14. The molecule has 0 aromatic heterocycles. The highest BCUT2D eigenvalue weighted by Gasteiger charge is 2.21. The van der Waals surface area contributed by atoms with Gasteiger partial charge in [0.1, 0.15) is 26.2 Å². The Morgan fingerprint density at radius 1 is 0.683 bits per heavy atom. The molecule has 0 fully saturated rings. The Balaban J connectivity index is 2.52. The van der Waals surface area contributed by atoms with Gasteiger partial charge in [-0.3, -0.25) is 24.0 Å². The van der Waals surface area contributed by atoms with E-state index in [4.69, 9.17) is 4.74 Å². The first-order valence-corrected chi connectivity index (χ1v) is 13.6. The normalized spacial score (nSPS) is 10.2. The van der Waals surface area contributed by atoms with Crippen molar-refractivity contribution in [3.8, 4) is 0 Å². The summed E-state index contributed by atoms with van der Waals surface area (Å²) in [5.41, 5.74) is 0.777. The first-order valence-electron chi connectivity index (χ1n) is 13.6. The van der Waals surface area contributed by atoms with E-state index < -0.39 is 30.4 Å². The minimum atomic E-state index is -0.810. The molecule has 13 nitrogen and oxygen atoms in total. The van der Waals surface area contributed by atoms with Crippen LogP contribution in [-0.2, 0) is 44.8 Å². The van der Waals surface area contributed by atoms with E-state index in [1.165, 1.54) is 14.2 Å². The molecule has 0 unspecified atom stereocenters. The van der Waals surface area contributed by atoms with E-state index in [-0.39, 0.29) is 31.6 Å². The molecule has 1 aromatic carbocycles. The molecular formula is C28H42N4O9. The van der Waals surface area contributed by atoms with E-state index in [0.717, 1.165) is 10.5 Å². The Hall–Kier alpha value is -4.16. The molecule has 0 aliphatic rings. The molecule has 4 amide bonds. The van der Waals surface area contributed by atoms with Gasteiger partial charge in [-0.2, -0.15) is 0 Å². The third kappa shape index (κ3) is 17.9. The van der Waals surface area contributed by atoms with Gasteiger partial charge in [0.05, 0.1) is 14.2 Å². The number of methoxy groups -OCH3 is 2. The predicted octanol–water partition coefficient (Wildman–Crippen LogP) is 1.44. The molecule has 0 aliphatic carbocycles. The average Bonchev–Trinajstić information content (AvgIpc) is 2.98. The number of benzene rings is 1. The van der Waals surface area contributed by atoms with Crippen LogP contribution in [0.15, 0.2) is 30.3 Å². The van der Waals surface area contributed by atoms with Crippen molar-refractivity contribution < 1.29 is 43.0 Å². The summed E-state index contributed by atoms with van der Waals surface area (Å²) in [5.74, 6) is -2.15. The summed E-state index contributed by atoms with van der Waals surface area (Å²) in [4.78, 5) is 73.2. The quantitative estimate of drug-likeness (QED) is 0.118. The number of ether oxygens (including phenoxy) is 3. The molecule has 228 valence electrons. The van der Waals surface area contributed by atoms with Crippen LogP contribution in [-0.4, -0.2) is 87.6 Å². The van der Waals surface area contributed by atoms with Crippen molar-refractivity contribution in [1.82, 2.24) is 20.9 Å². The fourth-order valence-corrected chi connectivity index (χ4v) is 3.53. The number of nitrogens with one attached hydrogen (secondary N) is 3. The largest absolute Gasteiger partial charge is 0.469 e. The zero-order valence-corrected chi connectivity index (χ0v) is 23.9. The van der Waals surface area contributed by atoms with Gasteiger partial charge in [0.25, 0.3) is 0 Å². The molecule has 0 heterocycles. The van der Waals surface area contributed by atoms with Gasteiger partial charge < -0.3 is 35.1 Å². The summed E-state index contributed by atoms with van der Waals surface area (Å²) in [6, 6.07) is 9.02. The highest BCUT2D eigenvalue weighted by atomic mass is 16.5. The number of rotatable bonds is 20. The number of esters is 2. The first-order chi connectivity index (χ1) is 19.7. The lowest BCUT2D eigenvalue weighted by atomic mass is 10.2. The minimum absolute atomic E-state index is 0.0225.